The number of carbonyl (C=O) groups excluding carboxylic acids is 1. The van der Waals surface area contributed by atoms with Crippen LogP contribution in [0.4, 0.5) is 4.39 Å². The van der Waals surface area contributed by atoms with Gasteiger partial charge in [-0.15, -0.1) is 0 Å². The second-order valence-electron chi connectivity index (χ2n) is 4.62. The minimum atomic E-state index is -3.78. The molecule has 2 rings (SSSR count). The molecule has 1 saturated heterocycles. The third kappa shape index (κ3) is 3.12. The summed E-state index contributed by atoms with van der Waals surface area (Å²) in [4.78, 5) is 14.1. The van der Waals surface area contributed by atoms with E-state index < -0.39 is 22.0 Å². The van der Waals surface area contributed by atoms with E-state index in [2.05, 4.69) is 4.99 Å². The van der Waals surface area contributed by atoms with Crippen molar-refractivity contribution in [3.05, 3.63) is 30.1 Å². The molecule has 1 aromatic carbocycles. The first-order chi connectivity index (χ1) is 9.55. The lowest BCUT2D eigenvalue weighted by Crippen LogP contribution is -2.38. The van der Waals surface area contributed by atoms with Crippen molar-refractivity contribution in [3.8, 4) is 0 Å². The third-order valence-electron chi connectivity index (χ3n) is 3.30. The largest absolute Gasteiger partial charge is 0.244 e. The van der Waals surface area contributed by atoms with Crippen LogP contribution < -0.4 is 0 Å². The van der Waals surface area contributed by atoms with Crippen LogP contribution in [0.15, 0.2) is 34.2 Å². The molecule has 7 heteroatoms. The van der Waals surface area contributed by atoms with Gasteiger partial charge in [0.1, 0.15) is 12.0 Å². The molecule has 0 aromatic heterocycles. The highest BCUT2D eigenvalue weighted by molar-refractivity contribution is 7.89. The zero-order chi connectivity index (χ0) is 14.6. The van der Waals surface area contributed by atoms with Crippen molar-refractivity contribution in [1.29, 1.82) is 0 Å². The highest BCUT2D eigenvalue weighted by Crippen LogP contribution is 2.25. The summed E-state index contributed by atoms with van der Waals surface area (Å²) in [6, 6.07) is 4.64. The fraction of sp³-hybridized carbons (Fsp3) is 0.462. The van der Waals surface area contributed by atoms with Crippen LogP contribution in [0, 0.1) is 5.82 Å². The van der Waals surface area contributed by atoms with Crippen LogP contribution in [0.25, 0.3) is 0 Å². The number of rotatable bonds is 3. The molecule has 1 fully saturated rings. The lowest BCUT2D eigenvalue weighted by Gasteiger charge is -2.25. The van der Waals surface area contributed by atoms with Crippen molar-refractivity contribution in [2.45, 2.75) is 36.7 Å². The van der Waals surface area contributed by atoms with E-state index in [1.807, 2.05) is 0 Å². The van der Waals surface area contributed by atoms with Crippen molar-refractivity contribution < 1.29 is 17.6 Å². The van der Waals surface area contributed by atoms with Gasteiger partial charge in [-0.2, -0.15) is 9.30 Å². The van der Waals surface area contributed by atoms with Crippen LogP contribution in [0.5, 0.6) is 0 Å². The smallest absolute Gasteiger partial charge is 0.211 e. The van der Waals surface area contributed by atoms with Gasteiger partial charge in [-0.25, -0.2) is 17.6 Å². The van der Waals surface area contributed by atoms with Crippen LogP contribution in [0.1, 0.15) is 25.7 Å². The summed E-state index contributed by atoms with van der Waals surface area (Å²) < 4.78 is 39.2. The number of halogens is 1. The first-order valence-corrected chi connectivity index (χ1v) is 7.84. The Balaban J connectivity index is 2.38. The molecule has 0 spiro atoms. The maximum Gasteiger partial charge on any atom is 0.244 e. The summed E-state index contributed by atoms with van der Waals surface area (Å²) >= 11 is 0. The van der Waals surface area contributed by atoms with Crippen molar-refractivity contribution in [1.82, 2.24) is 4.31 Å². The van der Waals surface area contributed by atoms with Crippen molar-refractivity contribution in [2.24, 2.45) is 4.99 Å². The van der Waals surface area contributed by atoms with Crippen LogP contribution in [0.3, 0.4) is 0 Å². The van der Waals surface area contributed by atoms with Gasteiger partial charge in [0, 0.05) is 6.54 Å². The van der Waals surface area contributed by atoms with E-state index in [-0.39, 0.29) is 4.90 Å². The maximum absolute atomic E-state index is 12.9. The average molecular weight is 298 g/mol. The topological polar surface area (TPSA) is 66.8 Å². The molecule has 1 aliphatic rings. The van der Waals surface area contributed by atoms with Crippen molar-refractivity contribution >= 4 is 16.1 Å². The Morgan fingerprint density at radius 2 is 1.90 bits per heavy atom. The van der Waals surface area contributed by atoms with E-state index in [9.17, 15) is 17.6 Å². The molecule has 108 valence electrons. The molecule has 0 saturated carbocycles. The molecule has 0 radical (unpaired) electrons. The van der Waals surface area contributed by atoms with Gasteiger partial charge in [0.25, 0.3) is 0 Å². The molecule has 1 aliphatic heterocycles. The predicted octanol–water partition coefficient (Wildman–Crippen LogP) is 2.05. The van der Waals surface area contributed by atoms with Gasteiger partial charge in [0.15, 0.2) is 0 Å². The normalized spacial score (nSPS) is 20.9. The van der Waals surface area contributed by atoms with Gasteiger partial charge in [-0.1, -0.05) is 6.42 Å². The van der Waals surface area contributed by atoms with Gasteiger partial charge >= 0.3 is 0 Å². The Morgan fingerprint density at radius 3 is 2.55 bits per heavy atom. The number of benzene rings is 1. The van der Waals surface area contributed by atoms with Gasteiger partial charge in [-0.3, -0.25) is 0 Å². The highest BCUT2D eigenvalue weighted by Gasteiger charge is 2.32. The van der Waals surface area contributed by atoms with Crippen LogP contribution in [-0.2, 0) is 14.8 Å². The molecule has 1 atom stereocenters. The summed E-state index contributed by atoms with van der Waals surface area (Å²) in [5.74, 6) is -0.498. The minimum Gasteiger partial charge on any atom is -0.211 e. The zero-order valence-electron chi connectivity index (χ0n) is 10.8. The average Bonchev–Trinajstić information content (AvgIpc) is 2.65. The van der Waals surface area contributed by atoms with Gasteiger partial charge in [-0.05, 0) is 43.5 Å². The predicted molar refractivity (Wildman–Crippen MR) is 70.7 cm³/mol. The minimum absolute atomic E-state index is 0.00639. The molecule has 0 amide bonds. The lowest BCUT2D eigenvalue weighted by molar-refractivity contribution is 0.330. The molecule has 0 aliphatic carbocycles. The molecule has 1 unspecified atom stereocenters. The first-order valence-electron chi connectivity index (χ1n) is 6.40. The summed E-state index contributed by atoms with van der Waals surface area (Å²) in [6.45, 7) is 0.301. The molecule has 5 nitrogen and oxygen atoms in total. The number of hydrogen-bond donors (Lipinski definition) is 0. The van der Waals surface area contributed by atoms with Gasteiger partial charge in [0.2, 0.25) is 16.1 Å². The SMILES string of the molecule is O=C=NC1CCCCCN1S(=O)(=O)c1ccc(F)cc1. The number of nitrogens with zero attached hydrogens (tertiary/aromatic N) is 2. The molecule has 0 bridgehead atoms. The monoisotopic (exact) mass is 298 g/mol. The molecular weight excluding hydrogens is 283 g/mol. The number of isocyanates is 1. The first kappa shape index (κ1) is 14.8. The number of hydrogen-bond acceptors (Lipinski definition) is 4. The number of sulfonamides is 1. The molecule has 0 N–H and O–H groups in total. The zero-order valence-corrected chi connectivity index (χ0v) is 11.6. The van der Waals surface area contributed by atoms with E-state index in [4.69, 9.17) is 0 Å². The van der Waals surface area contributed by atoms with E-state index in [0.717, 1.165) is 25.0 Å². The number of aliphatic imine (C=N–C) groups is 1. The Kier molecular flexibility index (Phi) is 4.65. The summed E-state index contributed by atoms with van der Waals surface area (Å²) in [5, 5.41) is 0. The van der Waals surface area contributed by atoms with E-state index in [1.165, 1.54) is 22.5 Å². The van der Waals surface area contributed by atoms with Crippen LogP contribution in [0.2, 0.25) is 0 Å². The van der Waals surface area contributed by atoms with Crippen molar-refractivity contribution in [3.63, 3.8) is 0 Å². The van der Waals surface area contributed by atoms with E-state index in [0.29, 0.717) is 19.4 Å². The molecule has 20 heavy (non-hydrogen) atoms. The summed E-state index contributed by atoms with van der Waals surface area (Å²) in [7, 11) is -3.78. The second kappa shape index (κ2) is 6.26. The van der Waals surface area contributed by atoms with E-state index >= 15 is 0 Å². The highest BCUT2D eigenvalue weighted by atomic mass is 32.2. The molecule has 1 aromatic rings. The van der Waals surface area contributed by atoms with Crippen LogP contribution >= 0.6 is 0 Å². The molecule has 1 heterocycles. The van der Waals surface area contributed by atoms with E-state index in [1.54, 1.807) is 0 Å². The standard InChI is InChI=1S/C13H15FN2O3S/c14-11-5-7-12(8-6-11)20(18,19)16-9-3-1-2-4-13(16)15-10-17/h5-8,13H,1-4,9H2. The van der Waals surface area contributed by atoms with Gasteiger partial charge < -0.3 is 0 Å². The quantitative estimate of drug-likeness (QED) is 0.633. The summed E-state index contributed by atoms with van der Waals surface area (Å²) in [5.41, 5.74) is 0. The van der Waals surface area contributed by atoms with Gasteiger partial charge in [0.05, 0.1) is 4.90 Å². The Labute approximate surface area is 117 Å². The lowest BCUT2D eigenvalue weighted by atomic mass is 10.2. The molecular formula is C13H15FN2O3S. The van der Waals surface area contributed by atoms with Crippen molar-refractivity contribution in [2.75, 3.05) is 6.54 Å². The van der Waals surface area contributed by atoms with Crippen LogP contribution in [-0.4, -0.2) is 31.5 Å². The summed E-state index contributed by atoms with van der Waals surface area (Å²) in [6.07, 6.45) is 3.63. The third-order valence-corrected chi connectivity index (χ3v) is 5.21. The second-order valence-corrected chi connectivity index (χ2v) is 6.51. The Hall–Kier alpha value is -1.56. The Morgan fingerprint density at radius 1 is 1.20 bits per heavy atom. The Bertz CT molecular complexity index is 609. The fourth-order valence-corrected chi connectivity index (χ4v) is 3.87. The maximum atomic E-state index is 12.9. The fourth-order valence-electron chi connectivity index (χ4n) is 2.28.